The van der Waals surface area contributed by atoms with Crippen LogP contribution in [0.4, 0.5) is 11.4 Å². The van der Waals surface area contributed by atoms with Crippen LogP contribution in [0.15, 0.2) is 59.3 Å². The van der Waals surface area contributed by atoms with Gasteiger partial charge in [0.15, 0.2) is 0 Å². The van der Waals surface area contributed by atoms with Crippen LogP contribution in [0.5, 0.6) is 0 Å². The third kappa shape index (κ3) is 4.75. The van der Waals surface area contributed by atoms with Gasteiger partial charge < -0.3 is 15.2 Å². The number of anilines is 2. The van der Waals surface area contributed by atoms with Gasteiger partial charge in [-0.25, -0.2) is 14.5 Å². The maximum atomic E-state index is 12.8. The summed E-state index contributed by atoms with van der Waals surface area (Å²) in [5.74, 6) is -2.95. The molecule has 2 N–H and O–H groups in total. The Balaban J connectivity index is 1.74. The number of ether oxygens (including phenoxy) is 1. The van der Waals surface area contributed by atoms with Gasteiger partial charge in [0.2, 0.25) is 0 Å². The molecule has 160 valence electrons. The molecule has 1 heterocycles. The molecule has 1 aliphatic heterocycles. The van der Waals surface area contributed by atoms with Gasteiger partial charge in [0.1, 0.15) is 10.7 Å². The Morgan fingerprint density at radius 2 is 1.61 bits per heavy atom. The molecule has 8 nitrogen and oxygen atoms in total. The number of aromatic carboxylic acids is 1. The van der Waals surface area contributed by atoms with Crippen molar-refractivity contribution in [3.8, 4) is 0 Å². The van der Waals surface area contributed by atoms with Crippen molar-refractivity contribution in [1.82, 2.24) is 0 Å². The summed E-state index contributed by atoms with van der Waals surface area (Å²) in [6.07, 6.45) is 1.67. The molecule has 2 aromatic rings. The van der Waals surface area contributed by atoms with Crippen LogP contribution >= 0.6 is 11.6 Å². The van der Waals surface area contributed by atoms with Crippen molar-refractivity contribution in [3.63, 3.8) is 0 Å². The molecule has 0 radical (unpaired) electrons. The fourth-order valence-electron chi connectivity index (χ4n) is 2.83. The Labute approximate surface area is 183 Å². The number of amides is 2. The minimum atomic E-state index is -1.08. The second kappa shape index (κ2) is 9.44. The Hall–Kier alpha value is -3.65. The zero-order valence-corrected chi connectivity index (χ0v) is 17.3. The summed E-state index contributed by atoms with van der Waals surface area (Å²) in [6, 6.07) is 11.5. The van der Waals surface area contributed by atoms with Crippen LogP contribution < -0.4 is 10.2 Å². The van der Waals surface area contributed by atoms with Crippen LogP contribution in [-0.2, 0) is 14.3 Å². The van der Waals surface area contributed by atoms with Crippen molar-refractivity contribution in [2.45, 2.75) is 19.8 Å². The lowest BCUT2D eigenvalue weighted by Gasteiger charge is -2.15. The first-order valence-electron chi connectivity index (χ1n) is 9.49. The molecule has 31 heavy (non-hydrogen) atoms. The van der Waals surface area contributed by atoms with E-state index in [2.05, 4.69) is 5.32 Å². The highest BCUT2D eigenvalue weighted by Gasteiger charge is 2.39. The largest absolute Gasteiger partial charge is 0.478 e. The summed E-state index contributed by atoms with van der Waals surface area (Å²) in [5, 5.41) is 11.4. The summed E-state index contributed by atoms with van der Waals surface area (Å²) in [7, 11) is 0. The van der Waals surface area contributed by atoms with Gasteiger partial charge in [-0.15, -0.1) is 0 Å². The number of carbonyl (C=O) groups excluding carboxylic acids is 3. The monoisotopic (exact) mass is 442 g/mol. The number of carboxylic acid groups (broad SMARTS) is 1. The molecule has 0 atom stereocenters. The predicted molar refractivity (Wildman–Crippen MR) is 114 cm³/mol. The maximum Gasteiger partial charge on any atom is 0.338 e. The molecule has 0 saturated carbocycles. The number of carboxylic acids is 1. The van der Waals surface area contributed by atoms with Crippen molar-refractivity contribution in [2.75, 3.05) is 16.8 Å². The van der Waals surface area contributed by atoms with E-state index in [0.717, 1.165) is 17.7 Å². The number of nitrogens with one attached hydrogen (secondary N) is 1. The van der Waals surface area contributed by atoms with Gasteiger partial charge in [-0.05, 0) is 55.0 Å². The number of esters is 1. The van der Waals surface area contributed by atoms with Crippen molar-refractivity contribution in [3.05, 3.63) is 70.4 Å². The summed E-state index contributed by atoms with van der Waals surface area (Å²) >= 11 is 6.09. The van der Waals surface area contributed by atoms with E-state index in [1.807, 2.05) is 6.92 Å². The third-order valence-electron chi connectivity index (χ3n) is 4.52. The zero-order valence-electron chi connectivity index (χ0n) is 16.6. The number of carbonyl (C=O) groups is 4. The van der Waals surface area contributed by atoms with Crippen LogP contribution in [0.3, 0.4) is 0 Å². The van der Waals surface area contributed by atoms with E-state index >= 15 is 0 Å². The number of nitrogens with zero attached hydrogens (tertiary/aromatic N) is 1. The van der Waals surface area contributed by atoms with Crippen LogP contribution in [0.2, 0.25) is 0 Å². The van der Waals surface area contributed by atoms with Crippen molar-refractivity contribution < 1.29 is 29.0 Å². The molecule has 9 heteroatoms. The second-order valence-corrected chi connectivity index (χ2v) is 7.06. The number of imide groups is 1. The Morgan fingerprint density at radius 1 is 1.00 bits per heavy atom. The molecule has 3 rings (SSSR count). The standard InChI is InChI=1S/C22H19ClN2O6/c1-2-3-12-31-22(30)14-6-10-16(11-7-14)25-19(26)17(23)18(20(25)27)24-15-8-4-13(5-9-15)21(28)29/h4-11,24H,2-3,12H2,1H3,(H,28,29). The average Bonchev–Trinajstić information content (AvgIpc) is 2.97. The highest BCUT2D eigenvalue weighted by Crippen LogP contribution is 2.30. The first-order valence-corrected chi connectivity index (χ1v) is 9.87. The first kappa shape index (κ1) is 22.0. The smallest absolute Gasteiger partial charge is 0.338 e. The van der Waals surface area contributed by atoms with E-state index in [1.54, 1.807) is 0 Å². The van der Waals surface area contributed by atoms with Gasteiger partial charge in [0.25, 0.3) is 11.8 Å². The number of benzene rings is 2. The average molecular weight is 443 g/mol. The summed E-state index contributed by atoms with van der Waals surface area (Å²) in [4.78, 5) is 49.2. The normalized spacial score (nSPS) is 13.5. The maximum absolute atomic E-state index is 12.8. The molecular formula is C22H19ClN2O6. The van der Waals surface area contributed by atoms with Gasteiger partial charge in [0, 0.05) is 5.69 Å². The minimum absolute atomic E-state index is 0.0781. The van der Waals surface area contributed by atoms with Crippen LogP contribution in [0.25, 0.3) is 0 Å². The third-order valence-corrected chi connectivity index (χ3v) is 4.87. The van der Waals surface area contributed by atoms with Crippen molar-refractivity contribution in [1.29, 1.82) is 0 Å². The lowest BCUT2D eigenvalue weighted by molar-refractivity contribution is -0.120. The molecule has 0 fully saturated rings. The highest BCUT2D eigenvalue weighted by molar-refractivity contribution is 6.53. The van der Waals surface area contributed by atoms with Crippen molar-refractivity contribution in [2.24, 2.45) is 0 Å². The van der Waals surface area contributed by atoms with E-state index in [0.29, 0.717) is 17.9 Å². The van der Waals surface area contributed by atoms with E-state index < -0.39 is 23.8 Å². The SMILES string of the molecule is CCCCOC(=O)c1ccc(N2C(=O)C(Cl)=C(Nc3ccc(C(=O)O)cc3)C2=O)cc1. The molecule has 2 amide bonds. The fourth-order valence-corrected chi connectivity index (χ4v) is 3.04. The Kier molecular flexibility index (Phi) is 6.71. The number of hydrogen-bond donors (Lipinski definition) is 2. The highest BCUT2D eigenvalue weighted by atomic mass is 35.5. The van der Waals surface area contributed by atoms with E-state index in [9.17, 15) is 19.2 Å². The molecule has 0 aromatic heterocycles. The fraction of sp³-hybridized carbons (Fsp3) is 0.182. The van der Waals surface area contributed by atoms with E-state index in [-0.39, 0.29) is 22.0 Å². The summed E-state index contributed by atoms with van der Waals surface area (Å²) in [5.41, 5.74) is 0.893. The van der Waals surface area contributed by atoms with Gasteiger partial charge in [-0.3, -0.25) is 9.59 Å². The van der Waals surface area contributed by atoms with Crippen LogP contribution in [0.1, 0.15) is 40.5 Å². The van der Waals surface area contributed by atoms with Gasteiger partial charge >= 0.3 is 11.9 Å². The molecular weight excluding hydrogens is 424 g/mol. The minimum Gasteiger partial charge on any atom is -0.478 e. The van der Waals surface area contributed by atoms with Crippen LogP contribution in [-0.4, -0.2) is 35.5 Å². The molecule has 0 aliphatic carbocycles. The summed E-state index contributed by atoms with van der Waals surface area (Å²) < 4.78 is 5.14. The lowest BCUT2D eigenvalue weighted by Crippen LogP contribution is -2.32. The number of unbranched alkanes of at least 4 members (excludes halogenated alkanes) is 1. The van der Waals surface area contributed by atoms with Gasteiger partial charge in [-0.1, -0.05) is 24.9 Å². The lowest BCUT2D eigenvalue weighted by atomic mass is 10.2. The van der Waals surface area contributed by atoms with Gasteiger partial charge in [-0.2, -0.15) is 0 Å². The molecule has 2 aromatic carbocycles. The molecule has 0 spiro atoms. The number of halogens is 1. The molecule has 1 aliphatic rings. The van der Waals surface area contributed by atoms with Crippen LogP contribution in [0, 0.1) is 0 Å². The zero-order chi connectivity index (χ0) is 22.5. The summed E-state index contributed by atoms with van der Waals surface area (Å²) in [6.45, 7) is 2.31. The van der Waals surface area contributed by atoms with E-state index in [4.69, 9.17) is 21.4 Å². The molecule has 0 bridgehead atoms. The predicted octanol–water partition coefficient (Wildman–Crippen LogP) is 3.78. The van der Waals surface area contributed by atoms with E-state index in [1.165, 1.54) is 48.5 Å². The molecule has 0 unspecified atom stereocenters. The Morgan fingerprint density at radius 3 is 2.19 bits per heavy atom. The van der Waals surface area contributed by atoms with Crippen molar-refractivity contribution >= 4 is 46.7 Å². The second-order valence-electron chi connectivity index (χ2n) is 6.68. The quantitative estimate of drug-likeness (QED) is 0.363. The van der Waals surface area contributed by atoms with Gasteiger partial charge in [0.05, 0.1) is 23.4 Å². The number of rotatable bonds is 8. The Bertz CT molecular complexity index is 1060. The first-order chi connectivity index (χ1) is 14.8. The molecule has 0 saturated heterocycles. The number of hydrogen-bond acceptors (Lipinski definition) is 6. The topological polar surface area (TPSA) is 113 Å².